The van der Waals surface area contributed by atoms with Crippen LogP contribution in [0.15, 0.2) is 60.7 Å². The highest BCUT2D eigenvalue weighted by molar-refractivity contribution is 5.77. The van der Waals surface area contributed by atoms with Crippen LogP contribution < -0.4 is 4.90 Å². The molecule has 0 aliphatic rings. The van der Waals surface area contributed by atoms with Gasteiger partial charge in [0.2, 0.25) is 0 Å². The zero-order valence-corrected chi connectivity index (χ0v) is 14.0. The van der Waals surface area contributed by atoms with Crippen molar-refractivity contribution < 1.29 is 8.78 Å². The van der Waals surface area contributed by atoms with E-state index in [4.69, 9.17) is 0 Å². The summed E-state index contributed by atoms with van der Waals surface area (Å²) in [7, 11) is 0. The lowest BCUT2D eigenvalue weighted by molar-refractivity contribution is 0.584. The molecule has 0 saturated carbocycles. The molecule has 3 rings (SSSR count). The first kappa shape index (κ1) is 16.2. The van der Waals surface area contributed by atoms with E-state index in [1.54, 1.807) is 11.8 Å². The predicted octanol–water partition coefficient (Wildman–Crippen LogP) is 6.36. The second-order valence-electron chi connectivity index (χ2n) is 6.08. The zero-order valence-electron chi connectivity index (χ0n) is 14.0. The summed E-state index contributed by atoms with van der Waals surface area (Å²) >= 11 is 0. The van der Waals surface area contributed by atoms with Gasteiger partial charge in [0.25, 0.3) is 0 Å². The monoisotopic (exact) mass is 323 g/mol. The average Bonchev–Trinajstić information content (AvgIpc) is 2.53. The molecule has 0 aliphatic heterocycles. The van der Waals surface area contributed by atoms with Crippen LogP contribution in [0.5, 0.6) is 0 Å². The fourth-order valence-corrected chi connectivity index (χ4v) is 2.70. The van der Waals surface area contributed by atoms with Crippen molar-refractivity contribution in [3.05, 3.63) is 89.0 Å². The van der Waals surface area contributed by atoms with Gasteiger partial charge in [0.15, 0.2) is 0 Å². The normalized spacial score (nSPS) is 10.7. The van der Waals surface area contributed by atoms with Gasteiger partial charge in [-0.05, 0) is 62.7 Å². The van der Waals surface area contributed by atoms with Crippen LogP contribution in [-0.2, 0) is 0 Å². The molecule has 122 valence electrons. The average molecular weight is 323 g/mol. The quantitative estimate of drug-likeness (QED) is 0.542. The van der Waals surface area contributed by atoms with E-state index in [1.165, 1.54) is 12.1 Å². The predicted molar refractivity (Wildman–Crippen MR) is 95.3 cm³/mol. The summed E-state index contributed by atoms with van der Waals surface area (Å²) in [4.78, 5) is 1.61. The van der Waals surface area contributed by atoms with E-state index in [2.05, 4.69) is 0 Å². The first-order valence-electron chi connectivity index (χ1n) is 7.85. The minimum absolute atomic E-state index is 0.0618. The van der Waals surface area contributed by atoms with Crippen LogP contribution in [0.1, 0.15) is 16.7 Å². The van der Waals surface area contributed by atoms with Gasteiger partial charge in [-0.15, -0.1) is 0 Å². The van der Waals surface area contributed by atoms with Gasteiger partial charge in [-0.3, -0.25) is 0 Å². The molecule has 0 aromatic heterocycles. The third-order valence-electron chi connectivity index (χ3n) is 3.97. The Bertz CT molecular complexity index is 784. The molecule has 0 spiro atoms. The molecule has 0 unspecified atom stereocenters. The van der Waals surface area contributed by atoms with Crippen LogP contribution >= 0.6 is 0 Å². The maximum atomic E-state index is 14.6. The van der Waals surface area contributed by atoms with Crippen LogP contribution in [0.3, 0.4) is 0 Å². The molecule has 0 atom stereocenters. The standard InChI is InChI=1S/C21H19F2N/c1-14-4-8-17(9-5-14)24(18-10-6-15(2)7-11-18)21-19(22)12-16(3)13-20(21)23/h4-13H,1-3H3. The fraction of sp³-hybridized carbons (Fsp3) is 0.143. The lowest BCUT2D eigenvalue weighted by Gasteiger charge is -2.26. The molecule has 3 heteroatoms. The molecule has 3 aromatic carbocycles. The van der Waals surface area contributed by atoms with Crippen molar-refractivity contribution in [3.8, 4) is 0 Å². The van der Waals surface area contributed by atoms with E-state index in [0.29, 0.717) is 16.9 Å². The first-order valence-corrected chi connectivity index (χ1v) is 7.85. The van der Waals surface area contributed by atoms with Gasteiger partial charge in [0.05, 0.1) is 0 Å². The third-order valence-corrected chi connectivity index (χ3v) is 3.97. The SMILES string of the molecule is Cc1ccc(N(c2ccc(C)cc2)c2c(F)cc(C)cc2F)cc1. The number of halogens is 2. The Kier molecular flexibility index (Phi) is 4.34. The highest BCUT2D eigenvalue weighted by atomic mass is 19.1. The highest BCUT2D eigenvalue weighted by Gasteiger charge is 2.21. The van der Waals surface area contributed by atoms with Gasteiger partial charge in [0, 0.05) is 11.4 Å². The summed E-state index contributed by atoms with van der Waals surface area (Å²) in [5, 5.41) is 0. The van der Waals surface area contributed by atoms with Crippen LogP contribution in [0.4, 0.5) is 25.8 Å². The van der Waals surface area contributed by atoms with Gasteiger partial charge in [0.1, 0.15) is 17.3 Å². The molecular formula is C21H19F2N. The smallest absolute Gasteiger partial charge is 0.150 e. The molecule has 24 heavy (non-hydrogen) atoms. The Morgan fingerprint density at radius 3 is 1.33 bits per heavy atom. The molecule has 0 N–H and O–H groups in total. The van der Waals surface area contributed by atoms with E-state index >= 15 is 0 Å². The van der Waals surface area contributed by atoms with Gasteiger partial charge in [-0.25, -0.2) is 8.78 Å². The van der Waals surface area contributed by atoms with Gasteiger partial charge < -0.3 is 4.90 Å². The Hall–Kier alpha value is -2.68. The highest BCUT2D eigenvalue weighted by Crippen LogP contribution is 2.38. The lowest BCUT2D eigenvalue weighted by Crippen LogP contribution is -2.14. The number of aryl methyl sites for hydroxylation is 3. The van der Waals surface area contributed by atoms with E-state index < -0.39 is 11.6 Å². The van der Waals surface area contributed by atoms with Crippen molar-refractivity contribution in [2.45, 2.75) is 20.8 Å². The molecule has 0 amide bonds. The zero-order chi connectivity index (χ0) is 17.3. The van der Waals surface area contributed by atoms with Crippen LogP contribution in [-0.4, -0.2) is 0 Å². The van der Waals surface area contributed by atoms with Crippen molar-refractivity contribution in [2.75, 3.05) is 4.90 Å². The van der Waals surface area contributed by atoms with E-state index in [-0.39, 0.29) is 5.69 Å². The largest absolute Gasteiger partial charge is 0.305 e. The van der Waals surface area contributed by atoms with Gasteiger partial charge >= 0.3 is 0 Å². The Morgan fingerprint density at radius 1 is 0.583 bits per heavy atom. The summed E-state index contributed by atoms with van der Waals surface area (Å²) < 4.78 is 29.2. The number of anilines is 3. The number of hydrogen-bond donors (Lipinski definition) is 0. The second kappa shape index (κ2) is 6.44. The van der Waals surface area contributed by atoms with Gasteiger partial charge in [-0.2, -0.15) is 0 Å². The third kappa shape index (κ3) is 3.16. The maximum Gasteiger partial charge on any atom is 0.150 e. The number of hydrogen-bond acceptors (Lipinski definition) is 1. The van der Waals surface area contributed by atoms with E-state index in [1.807, 2.05) is 62.4 Å². The molecule has 0 saturated heterocycles. The Labute approximate surface area is 141 Å². The Balaban J connectivity index is 2.22. The molecule has 1 nitrogen and oxygen atoms in total. The van der Waals surface area contributed by atoms with Crippen molar-refractivity contribution in [1.82, 2.24) is 0 Å². The van der Waals surface area contributed by atoms with Crippen molar-refractivity contribution in [2.24, 2.45) is 0 Å². The van der Waals surface area contributed by atoms with Crippen molar-refractivity contribution in [1.29, 1.82) is 0 Å². The molecule has 0 aliphatic carbocycles. The van der Waals surface area contributed by atoms with Crippen LogP contribution in [0.25, 0.3) is 0 Å². The minimum Gasteiger partial charge on any atom is -0.305 e. The first-order chi connectivity index (χ1) is 11.5. The summed E-state index contributed by atoms with van der Waals surface area (Å²) in [6.07, 6.45) is 0. The number of rotatable bonds is 3. The summed E-state index contributed by atoms with van der Waals surface area (Å²) in [5.74, 6) is -1.15. The molecule has 0 fully saturated rings. The van der Waals surface area contributed by atoms with Gasteiger partial charge in [-0.1, -0.05) is 35.4 Å². The van der Waals surface area contributed by atoms with Crippen molar-refractivity contribution >= 4 is 17.1 Å². The number of benzene rings is 3. The van der Waals surface area contributed by atoms with E-state index in [0.717, 1.165) is 11.1 Å². The minimum atomic E-state index is -0.575. The molecular weight excluding hydrogens is 304 g/mol. The summed E-state index contributed by atoms with van der Waals surface area (Å²) in [6.45, 7) is 5.64. The summed E-state index contributed by atoms with van der Waals surface area (Å²) in [5.41, 5.74) is 4.10. The van der Waals surface area contributed by atoms with Crippen LogP contribution in [0, 0.1) is 32.4 Å². The maximum absolute atomic E-state index is 14.6. The Morgan fingerprint density at radius 2 is 0.958 bits per heavy atom. The fourth-order valence-electron chi connectivity index (χ4n) is 2.70. The number of nitrogens with zero attached hydrogens (tertiary/aromatic N) is 1. The summed E-state index contributed by atoms with van der Waals surface area (Å²) in [6, 6.07) is 17.9. The topological polar surface area (TPSA) is 3.24 Å². The molecule has 0 bridgehead atoms. The second-order valence-corrected chi connectivity index (χ2v) is 6.08. The molecule has 0 radical (unpaired) electrons. The van der Waals surface area contributed by atoms with Crippen LogP contribution in [0.2, 0.25) is 0 Å². The van der Waals surface area contributed by atoms with E-state index in [9.17, 15) is 8.78 Å². The molecule has 0 heterocycles. The van der Waals surface area contributed by atoms with Crippen molar-refractivity contribution in [3.63, 3.8) is 0 Å². The lowest BCUT2D eigenvalue weighted by atomic mass is 10.1. The molecule has 3 aromatic rings.